The van der Waals surface area contributed by atoms with Gasteiger partial charge in [-0.1, -0.05) is 18.2 Å². The van der Waals surface area contributed by atoms with E-state index in [-0.39, 0.29) is 5.91 Å². The van der Waals surface area contributed by atoms with Crippen LogP contribution in [0.15, 0.2) is 30.5 Å². The first-order valence-corrected chi connectivity index (χ1v) is 5.88. The number of fused-ring (bicyclic) bond motifs is 1. The largest absolute Gasteiger partial charge is 0.361 e. The van der Waals surface area contributed by atoms with Crippen molar-refractivity contribution in [1.82, 2.24) is 15.8 Å². The molecule has 0 aliphatic rings. The smallest absolute Gasteiger partial charge is 0.266 e. The van der Waals surface area contributed by atoms with Crippen molar-refractivity contribution in [3.05, 3.63) is 36.0 Å². The van der Waals surface area contributed by atoms with E-state index >= 15 is 0 Å². The van der Waals surface area contributed by atoms with E-state index in [1.807, 2.05) is 24.3 Å². The highest BCUT2D eigenvalue weighted by Gasteiger charge is 2.20. The minimum Gasteiger partial charge on any atom is -0.361 e. The number of hydrogen-bond acceptors (Lipinski definition) is 3. The van der Waals surface area contributed by atoms with Gasteiger partial charge in [-0.05, 0) is 11.6 Å². The molecule has 19 heavy (non-hydrogen) atoms. The molecule has 6 nitrogen and oxygen atoms in total. The number of aromatic nitrogens is 1. The highest BCUT2D eigenvalue weighted by atomic mass is 16.5. The Bertz CT molecular complexity index is 606. The fraction of sp³-hybridized carbons (Fsp3) is 0.231. The summed E-state index contributed by atoms with van der Waals surface area (Å²) in [6.45, 7) is 1.33. The van der Waals surface area contributed by atoms with Crippen LogP contribution in [0.5, 0.6) is 0 Å². The molecule has 0 aliphatic heterocycles. The topological polar surface area (TPSA) is 94.2 Å². The summed E-state index contributed by atoms with van der Waals surface area (Å²) >= 11 is 0. The van der Waals surface area contributed by atoms with Crippen LogP contribution in [0, 0.1) is 0 Å². The van der Waals surface area contributed by atoms with Crippen molar-refractivity contribution >= 4 is 22.7 Å². The number of rotatable bonds is 4. The Labute approximate surface area is 109 Å². The van der Waals surface area contributed by atoms with Crippen LogP contribution in [0.2, 0.25) is 0 Å². The number of amides is 2. The van der Waals surface area contributed by atoms with E-state index in [4.69, 9.17) is 5.21 Å². The average Bonchev–Trinajstić information content (AvgIpc) is 2.80. The number of benzene rings is 1. The third-order valence-corrected chi connectivity index (χ3v) is 2.90. The van der Waals surface area contributed by atoms with Gasteiger partial charge in [0.25, 0.3) is 5.91 Å². The molecule has 2 amide bonds. The molecule has 1 aromatic carbocycles. The number of hydroxylamine groups is 1. The van der Waals surface area contributed by atoms with Gasteiger partial charge in [0.05, 0.1) is 0 Å². The summed E-state index contributed by atoms with van der Waals surface area (Å²) in [5.41, 5.74) is 3.43. The molecule has 2 rings (SSSR count). The Kier molecular flexibility index (Phi) is 3.82. The molecule has 0 unspecified atom stereocenters. The zero-order chi connectivity index (χ0) is 13.8. The highest BCUT2D eigenvalue weighted by molar-refractivity contribution is 5.88. The van der Waals surface area contributed by atoms with Crippen LogP contribution in [-0.2, 0) is 16.0 Å². The maximum atomic E-state index is 11.5. The van der Waals surface area contributed by atoms with E-state index in [1.54, 1.807) is 11.7 Å². The van der Waals surface area contributed by atoms with Gasteiger partial charge in [-0.15, -0.1) is 0 Å². The summed E-state index contributed by atoms with van der Waals surface area (Å²) in [6, 6.07) is 6.87. The van der Waals surface area contributed by atoms with Gasteiger partial charge in [-0.2, -0.15) is 0 Å². The number of carbonyl (C=O) groups excluding carboxylic acids is 2. The number of H-pyrrole nitrogens is 1. The lowest BCUT2D eigenvalue weighted by Gasteiger charge is -2.15. The molecule has 6 heteroatoms. The van der Waals surface area contributed by atoms with Gasteiger partial charge in [0.2, 0.25) is 5.91 Å². The minimum absolute atomic E-state index is 0.302. The standard InChI is InChI=1S/C13H15N3O3/c1-8(17)15-12(13(18)16-19)6-9-7-14-11-5-3-2-4-10(9)11/h2-5,7,12,14,19H,6H2,1H3,(H,15,17)(H,16,18)/t12-/m0/s1. The normalized spacial score (nSPS) is 12.1. The monoisotopic (exact) mass is 261 g/mol. The third kappa shape index (κ3) is 2.92. The molecule has 0 saturated heterocycles. The van der Waals surface area contributed by atoms with Crippen LogP contribution < -0.4 is 10.8 Å². The molecule has 4 N–H and O–H groups in total. The average molecular weight is 261 g/mol. The van der Waals surface area contributed by atoms with Crippen molar-refractivity contribution in [2.45, 2.75) is 19.4 Å². The fourth-order valence-electron chi connectivity index (χ4n) is 2.05. The predicted octanol–water partition coefficient (Wildman–Crippen LogP) is 0.720. The lowest BCUT2D eigenvalue weighted by molar-refractivity contribution is -0.134. The first-order valence-electron chi connectivity index (χ1n) is 5.88. The zero-order valence-electron chi connectivity index (χ0n) is 10.4. The molecule has 1 heterocycles. The molecule has 1 aromatic heterocycles. The zero-order valence-corrected chi connectivity index (χ0v) is 10.4. The summed E-state index contributed by atoms with van der Waals surface area (Å²) in [5.74, 6) is -0.964. The van der Waals surface area contributed by atoms with Crippen LogP contribution in [0.3, 0.4) is 0 Å². The van der Waals surface area contributed by atoms with Crippen molar-refractivity contribution in [2.75, 3.05) is 0 Å². The van der Waals surface area contributed by atoms with Gasteiger partial charge in [-0.3, -0.25) is 14.8 Å². The molecule has 2 aromatic rings. The number of nitrogens with one attached hydrogen (secondary N) is 3. The fourth-order valence-corrected chi connectivity index (χ4v) is 2.05. The van der Waals surface area contributed by atoms with Gasteiger partial charge in [-0.25, -0.2) is 5.48 Å². The molecular formula is C13H15N3O3. The van der Waals surface area contributed by atoms with Crippen molar-refractivity contribution < 1.29 is 14.8 Å². The maximum absolute atomic E-state index is 11.5. The van der Waals surface area contributed by atoms with E-state index in [2.05, 4.69) is 10.3 Å². The molecule has 0 fully saturated rings. The van der Waals surface area contributed by atoms with Gasteiger partial charge in [0.1, 0.15) is 6.04 Å². The second-order valence-electron chi connectivity index (χ2n) is 4.29. The van der Waals surface area contributed by atoms with E-state index < -0.39 is 11.9 Å². The Balaban J connectivity index is 2.25. The van der Waals surface area contributed by atoms with Crippen LogP contribution >= 0.6 is 0 Å². The molecule has 0 radical (unpaired) electrons. The number of para-hydroxylation sites is 1. The maximum Gasteiger partial charge on any atom is 0.266 e. The number of aromatic amines is 1. The summed E-state index contributed by atoms with van der Waals surface area (Å²) in [4.78, 5) is 25.7. The van der Waals surface area contributed by atoms with Crippen LogP contribution in [0.25, 0.3) is 10.9 Å². The molecule has 1 atom stereocenters. The van der Waals surface area contributed by atoms with Crippen LogP contribution in [0.4, 0.5) is 0 Å². The highest BCUT2D eigenvalue weighted by Crippen LogP contribution is 2.19. The second kappa shape index (κ2) is 5.53. The number of carbonyl (C=O) groups is 2. The quantitative estimate of drug-likeness (QED) is 0.482. The molecule has 0 bridgehead atoms. The summed E-state index contributed by atoms with van der Waals surface area (Å²) in [5, 5.41) is 12.2. The first kappa shape index (κ1) is 13.1. The van der Waals surface area contributed by atoms with Crippen molar-refractivity contribution in [3.8, 4) is 0 Å². The summed E-state index contributed by atoms with van der Waals surface area (Å²) in [7, 11) is 0. The Morgan fingerprint density at radius 2 is 2.11 bits per heavy atom. The Morgan fingerprint density at radius 3 is 2.79 bits per heavy atom. The van der Waals surface area contributed by atoms with Crippen molar-refractivity contribution in [2.24, 2.45) is 0 Å². The molecule has 0 saturated carbocycles. The van der Waals surface area contributed by atoms with E-state index in [0.717, 1.165) is 16.5 Å². The Morgan fingerprint density at radius 1 is 1.37 bits per heavy atom. The van der Waals surface area contributed by atoms with Gasteiger partial charge >= 0.3 is 0 Å². The van der Waals surface area contributed by atoms with Crippen LogP contribution in [-0.4, -0.2) is 28.0 Å². The van der Waals surface area contributed by atoms with E-state index in [1.165, 1.54) is 6.92 Å². The first-order chi connectivity index (χ1) is 9.11. The van der Waals surface area contributed by atoms with Gasteiger partial charge in [0.15, 0.2) is 0 Å². The summed E-state index contributed by atoms with van der Waals surface area (Å²) < 4.78 is 0. The Hall–Kier alpha value is -2.34. The van der Waals surface area contributed by atoms with Gasteiger partial charge in [0, 0.05) is 30.4 Å². The second-order valence-corrected chi connectivity index (χ2v) is 4.29. The SMILES string of the molecule is CC(=O)N[C@@H](Cc1c[nH]c2ccccc12)C(=O)NO. The number of hydrogen-bond donors (Lipinski definition) is 4. The lowest BCUT2D eigenvalue weighted by atomic mass is 10.0. The van der Waals surface area contributed by atoms with Crippen molar-refractivity contribution in [1.29, 1.82) is 0 Å². The third-order valence-electron chi connectivity index (χ3n) is 2.90. The molecule has 0 aliphatic carbocycles. The van der Waals surface area contributed by atoms with E-state index in [9.17, 15) is 9.59 Å². The van der Waals surface area contributed by atoms with Gasteiger partial charge < -0.3 is 10.3 Å². The summed E-state index contributed by atoms with van der Waals surface area (Å²) in [6.07, 6.45) is 2.10. The predicted molar refractivity (Wildman–Crippen MR) is 69.5 cm³/mol. The molecule has 0 spiro atoms. The molecule has 100 valence electrons. The molecular weight excluding hydrogens is 246 g/mol. The van der Waals surface area contributed by atoms with Crippen LogP contribution in [0.1, 0.15) is 12.5 Å². The van der Waals surface area contributed by atoms with Crippen molar-refractivity contribution in [3.63, 3.8) is 0 Å². The van der Waals surface area contributed by atoms with E-state index in [0.29, 0.717) is 6.42 Å². The lowest BCUT2D eigenvalue weighted by Crippen LogP contribution is -2.46. The minimum atomic E-state index is -0.804.